The maximum atomic E-state index is 12.6. The number of hydrogen-bond acceptors (Lipinski definition) is 4. The fourth-order valence-corrected chi connectivity index (χ4v) is 3.73. The van der Waals surface area contributed by atoms with Gasteiger partial charge in [-0.05, 0) is 72.9 Å². The summed E-state index contributed by atoms with van der Waals surface area (Å²) in [4.78, 5) is 12.6. The molecule has 0 aliphatic rings. The lowest BCUT2D eigenvalue weighted by Crippen LogP contribution is -2.08. The van der Waals surface area contributed by atoms with E-state index in [4.69, 9.17) is 14.2 Å². The third-order valence-electron chi connectivity index (χ3n) is 6.00. The van der Waals surface area contributed by atoms with Gasteiger partial charge in [0.25, 0.3) is 0 Å². The standard InChI is InChI=1S/C31H38O4/c1-4-6-8-9-23-33-24(3)25-14-20-30(21-15-25)35-31(32)28-12-10-26(11-13-28)27-16-18-29(19-17-27)34-22-7-5-2/h10-21,24H,4-9,22-23H2,1-3H3. The molecule has 0 radical (unpaired) electrons. The molecule has 0 bridgehead atoms. The maximum Gasteiger partial charge on any atom is 0.343 e. The molecule has 0 fully saturated rings. The molecule has 0 saturated heterocycles. The quantitative estimate of drug-likeness (QED) is 0.134. The van der Waals surface area contributed by atoms with Crippen molar-refractivity contribution >= 4 is 5.97 Å². The van der Waals surface area contributed by atoms with E-state index in [0.29, 0.717) is 11.3 Å². The van der Waals surface area contributed by atoms with Crippen molar-refractivity contribution in [3.63, 3.8) is 0 Å². The van der Waals surface area contributed by atoms with Crippen molar-refractivity contribution in [3.05, 3.63) is 83.9 Å². The van der Waals surface area contributed by atoms with Gasteiger partial charge in [0.15, 0.2) is 0 Å². The van der Waals surface area contributed by atoms with Crippen LogP contribution in [0, 0.1) is 0 Å². The lowest BCUT2D eigenvalue weighted by Gasteiger charge is -2.14. The van der Waals surface area contributed by atoms with Crippen LogP contribution in [-0.4, -0.2) is 19.2 Å². The van der Waals surface area contributed by atoms with Gasteiger partial charge >= 0.3 is 5.97 Å². The van der Waals surface area contributed by atoms with Crippen LogP contribution in [0.25, 0.3) is 11.1 Å². The van der Waals surface area contributed by atoms with E-state index in [1.54, 1.807) is 12.1 Å². The van der Waals surface area contributed by atoms with Crippen LogP contribution >= 0.6 is 0 Å². The third-order valence-corrected chi connectivity index (χ3v) is 6.00. The molecule has 3 aromatic carbocycles. The molecule has 0 spiro atoms. The van der Waals surface area contributed by atoms with Crippen molar-refractivity contribution in [2.24, 2.45) is 0 Å². The van der Waals surface area contributed by atoms with Gasteiger partial charge in [0, 0.05) is 6.61 Å². The second kappa shape index (κ2) is 14.3. The summed E-state index contributed by atoms with van der Waals surface area (Å²) in [7, 11) is 0. The third kappa shape index (κ3) is 8.56. The first-order chi connectivity index (χ1) is 17.1. The van der Waals surface area contributed by atoms with E-state index in [2.05, 4.69) is 20.8 Å². The van der Waals surface area contributed by atoms with Crippen LogP contribution in [0.2, 0.25) is 0 Å². The van der Waals surface area contributed by atoms with Gasteiger partial charge in [-0.1, -0.05) is 75.9 Å². The normalized spacial score (nSPS) is 11.7. The van der Waals surface area contributed by atoms with E-state index in [-0.39, 0.29) is 12.1 Å². The number of carbonyl (C=O) groups is 1. The summed E-state index contributed by atoms with van der Waals surface area (Å²) in [5, 5.41) is 0. The molecule has 4 nitrogen and oxygen atoms in total. The minimum Gasteiger partial charge on any atom is -0.494 e. The van der Waals surface area contributed by atoms with Crippen molar-refractivity contribution in [2.45, 2.75) is 65.4 Å². The predicted octanol–water partition coefficient (Wildman–Crippen LogP) is 8.41. The SMILES string of the molecule is CCCCCCOC(C)c1ccc(OC(=O)c2ccc(-c3ccc(OCCCC)cc3)cc2)cc1. The Kier molecular flexibility index (Phi) is 10.8. The van der Waals surface area contributed by atoms with Crippen LogP contribution in [0.15, 0.2) is 72.8 Å². The summed E-state index contributed by atoms with van der Waals surface area (Å²) in [5.74, 6) is 1.03. The minimum absolute atomic E-state index is 0.0193. The highest BCUT2D eigenvalue weighted by molar-refractivity contribution is 5.91. The molecule has 1 atom stereocenters. The topological polar surface area (TPSA) is 44.8 Å². The first-order valence-corrected chi connectivity index (χ1v) is 12.9. The van der Waals surface area contributed by atoms with Gasteiger partial charge in [-0.2, -0.15) is 0 Å². The molecule has 0 heterocycles. The number of esters is 1. The lowest BCUT2D eigenvalue weighted by atomic mass is 10.0. The van der Waals surface area contributed by atoms with Crippen molar-refractivity contribution in [2.75, 3.05) is 13.2 Å². The van der Waals surface area contributed by atoms with E-state index < -0.39 is 0 Å². The zero-order chi connectivity index (χ0) is 24.9. The van der Waals surface area contributed by atoms with Gasteiger partial charge in [-0.25, -0.2) is 4.79 Å². The Labute approximate surface area is 210 Å². The van der Waals surface area contributed by atoms with Crippen molar-refractivity contribution in [1.29, 1.82) is 0 Å². The number of hydrogen-bond donors (Lipinski definition) is 0. The Balaban J connectivity index is 1.51. The van der Waals surface area contributed by atoms with Crippen LogP contribution < -0.4 is 9.47 Å². The molecular weight excluding hydrogens is 436 g/mol. The van der Waals surface area contributed by atoms with Gasteiger partial charge in [0.05, 0.1) is 18.3 Å². The molecule has 35 heavy (non-hydrogen) atoms. The fraction of sp³-hybridized carbons (Fsp3) is 0.387. The van der Waals surface area contributed by atoms with Crippen molar-refractivity contribution in [3.8, 4) is 22.6 Å². The Morgan fingerprint density at radius 3 is 1.91 bits per heavy atom. The Morgan fingerprint density at radius 1 is 0.686 bits per heavy atom. The first-order valence-electron chi connectivity index (χ1n) is 12.9. The Hall–Kier alpha value is -3.11. The van der Waals surface area contributed by atoms with Crippen molar-refractivity contribution < 1.29 is 19.0 Å². The maximum absolute atomic E-state index is 12.6. The average molecular weight is 475 g/mol. The highest BCUT2D eigenvalue weighted by Crippen LogP contribution is 2.24. The molecule has 0 saturated carbocycles. The summed E-state index contributed by atoms with van der Waals surface area (Å²) < 4.78 is 17.2. The average Bonchev–Trinajstić information content (AvgIpc) is 2.89. The van der Waals surface area contributed by atoms with Gasteiger partial charge in [-0.15, -0.1) is 0 Å². The first kappa shape index (κ1) is 26.5. The molecule has 3 aromatic rings. The van der Waals surface area contributed by atoms with E-state index in [1.807, 2.05) is 60.7 Å². The molecule has 0 aliphatic heterocycles. The number of ether oxygens (including phenoxy) is 3. The molecule has 4 heteroatoms. The number of rotatable bonds is 14. The summed E-state index contributed by atoms with van der Waals surface area (Å²) in [6.07, 6.45) is 6.96. The second-order valence-electron chi connectivity index (χ2n) is 8.84. The highest BCUT2D eigenvalue weighted by Gasteiger charge is 2.11. The van der Waals surface area contributed by atoms with Gasteiger partial charge < -0.3 is 14.2 Å². The second-order valence-corrected chi connectivity index (χ2v) is 8.84. The van der Waals surface area contributed by atoms with Crippen LogP contribution in [0.1, 0.15) is 81.3 Å². The molecule has 0 aliphatic carbocycles. The van der Waals surface area contributed by atoms with Crippen molar-refractivity contribution in [1.82, 2.24) is 0 Å². The molecule has 0 N–H and O–H groups in total. The monoisotopic (exact) mass is 474 g/mol. The van der Waals surface area contributed by atoms with E-state index in [1.165, 1.54) is 19.3 Å². The zero-order valence-corrected chi connectivity index (χ0v) is 21.3. The van der Waals surface area contributed by atoms with Gasteiger partial charge in [-0.3, -0.25) is 0 Å². The van der Waals surface area contributed by atoms with E-state index in [0.717, 1.165) is 54.9 Å². The molecule has 3 rings (SSSR count). The molecule has 186 valence electrons. The number of unbranched alkanes of at least 4 members (excludes halogenated alkanes) is 4. The Bertz CT molecular complexity index is 1010. The largest absolute Gasteiger partial charge is 0.494 e. The molecule has 1 unspecified atom stereocenters. The summed E-state index contributed by atoms with van der Waals surface area (Å²) in [6, 6.07) is 23.1. The van der Waals surface area contributed by atoms with Crippen LogP contribution in [-0.2, 0) is 4.74 Å². The van der Waals surface area contributed by atoms with Crippen LogP contribution in [0.3, 0.4) is 0 Å². The van der Waals surface area contributed by atoms with E-state index >= 15 is 0 Å². The zero-order valence-electron chi connectivity index (χ0n) is 21.3. The predicted molar refractivity (Wildman–Crippen MR) is 142 cm³/mol. The molecule has 0 aromatic heterocycles. The van der Waals surface area contributed by atoms with Crippen LogP contribution in [0.4, 0.5) is 0 Å². The summed E-state index contributed by atoms with van der Waals surface area (Å²) in [5.41, 5.74) is 3.70. The van der Waals surface area contributed by atoms with E-state index in [9.17, 15) is 4.79 Å². The minimum atomic E-state index is -0.371. The summed E-state index contributed by atoms with van der Waals surface area (Å²) in [6.45, 7) is 7.91. The smallest absolute Gasteiger partial charge is 0.343 e. The number of benzene rings is 3. The number of carbonyl (C=O) groups excluding carboxylic acids is 1. The molecule has 0 amide bonds. The lowest BCUT2D eigenvalue weighted by molar-refractivity contribution is 0.0627. The van der Waals surface area contributed by atoms with Gasteiger partial charge in [0.1, 0.15) is 11.5 Å². The van der Waals surface area contributed by atoms with Gasteiger partial charge in [0.2, 0.25) is 0 Å². The fourth-order valence-electron chi connectivity index (χ4n) is 3.73. The van der Waals surface area contributed by atoms with Crippen LogP contribution in [0.5, 0.6) is 11.5 Å². The molecular formula is C31H38O4. The highest BCUT2D eigenvalue weighted by atomic mass is 16.5. The summed E-state index contributed by atoms with van der Waals surface area (Å²) >= 11 is 0. The Morgan fingerprint density at radius 2 is 1.29 bits per heavy atom.